The molecule has 6 heteroatoms. The highest BCUT2D eigenvalue weighted by molar-refractivity contribution is 5.74. The summed E-state index contributed by atoms with van der Waals surface area (Å²) in [5, 5.41) is 7.60. The summed E-state index contributed by atoms with van der Waals surface area (Å²) >= 11 is 0. The van der Waals surface area contributed by atoms with E-state index in [1.807, 2.05) is 15.8 Å². The van der Waals surface area contributed by atoms with E-state index in [-0.39, 0.29) is 6.03 Å². The zero-order valence-electron chi connectivity index (χ0n) is 14.7. The normalized spacial score (nSPS) is 28.3. The first kappa shape index (κ1) is 15.9. The van der Waals surface area contributed by atoms with Gasteiger partial charge in [0, 0.05) is 37.9 Å². The van der Waals surface area contributed by atoms with Crippen LogP contribution < -0.4 is 5.32 Å². The van der Waals surface area contributed by atoms with Crippen LogP contribution in [0, 0.1) is 6.92 Å². The molecule has 1 aliphatic carbocycles. The summed E-state index contributed by atoms with van der Waals surface area (Å²) in [7, 11) is 0. The molecule has 6 nitrogen and oxygen atoms in total. The molecule has 1 N–H and O–H groups in total. The third kappa shape index (κ3) is 3.43. The first-order chi connectivity index (χ1) is 11.7. The molecule has 2 aliphatic heterocycles. The lowest BCUT2D eigenvalue weighted by molar-refractivity contribution is 0.134. The van der Waals surface area contributed by atoms with Crippen molar-refractivity contribution in [2.75, 3.05) is 26.2 Å². The molecule has 1 saturated carbocycles. The molecule has 3 heterocycles. The third-order valence-electron chi connectivity index (χ3n) is 5.73. The molecule has 3 fully saturated rings. The van der Waals surface area contributed by atoms with Gasteiger partial charge in [-0.2, -0.15) is 5.10 Å². The van der Waals surface area contributed by atoms with Gasteiger partial charge in [-0.3, -0.25) is 9.58 Å². The standard InChI is InChI=1S/C18H29N5O/c1-14-10-20-23(12-14)17-7-9-21(13-17)18(24)19-11-16-4-2-3-8-22(16)15-5-6-15/h10,12,15-17H,2-9,11,13H2,1H3,(H,19,24). The number of rotatable bonds is 4. The second-order valence-electron chi connectivity index (χ2n) is 7.69. The highest BCUT2D eigenvalue weighted by atomic mass is 16.2. The molecule has 0 spiro atoms. The van der Waals surface area contributed by atoms with Gasteiger partial charge in [0.2, 0.25) is 0 Å². The summed E-state index contributed by atoms with van der Waals surface area (Å²) in [5.74, 6) is 0. The second kappa shape index (κ2) is 6.75. The van der Waals surface area contributed by atoms with Crippen LogP contribution >= 0.6 is 0 Å². The van der Waals surface area contributed by atoms with E-state index in [2.05, 4.69) is 28.4 Å². The van der Waals surface area contributed by atoms with Crippen molar-refractivity contribution >= 4 is 6.03 Å². The molecule has 2 amide bonds. The first-order valence-corrected chi connectivity index (χ1v) is 9.50. The quantitative estimate of drug-likeness (QED) is 0.920. The molecule has 0 aromatic carbocycles. The largest absolute Gasteiger partial charge is 0.336 e. The maximum absolute atomic E-state index is 12.5. The summed E-state index contributed by atoms with van der Waals surface area (Å²) in [6, 6.07) is 1.76. The molecule has 2 saturated heterocycles. The number of hydrogen-bond acceptors (Lipinski definition) is 3. The van der Waals surface area contributed by atoms with Gasteiger partial charge in [-0.15, -0.1) is 0 Å². The number of amides is 2. The van der Waals surface area contributed by atoms with Gasteiger partial charge in [-0.1, -0.05) is 6.42 Å². The molecule has 2 atom stereocenters. The van der Waals surface area contributed by atoms with E-state index in [1.165, 1.54) is 44.2 Å². The molecule has 1 aromatic rings. The van der Waals surface area contributed by atoms with Crippen molar-refractivity contribution in [1.29, 1.82) is 0 Å². The highest BCUT2D eigenvalue weighted by Gasteiger charge is 2.35. The van der Waals surface area contributed by atoms with Gasteiger partial charge >= 0.3 is 6.03 Å². The van der Waals surface area contributed by atoms with Gasteiger partial charge in [0.1, 0.15) is 0 Å². The number of likely N-dealkylation sites (tertiary alicyclic amines) is 2. The number of piperidine rings is 1. The van der Waals surface area contributed by atoms with Crippen LogP contribution in [0.3, 0.4) is 0 Å². The number of aromatic nitrogens is 2. The maximum Gasteiger partial charge on any atom is 0.317 e. The first-order valence-electron chi connectivity index (χ1n) is 9.50. The molecule has 4 rings (SSSR count). The lowest BCUT2D eigenvalue weighted by Crippen LogP contribution is -2.49. The summed E-state index contributed by atoms with van der Waals surface area (Å²) in [4.78, 5) is 17.1. The van der Waals surface area contributed by atoms with Crippen LogP contribution in [0.25, 0.3) is 0 Å². The van der Waals surface area contributed by atoms with Crippen molar-refractivity contribution in [3.8, 4) is 0 Å². The Morgan fingerprint density at radius 3 is 2.83 bits per heavy atom. The van der Waals surface area contributed by atoms with Crippen molar-refractivity contribution < 1.29 is 4.79 Å². The van der Waals surface area contributed by atoms with Gasteiger partial charge in [-0.05, 0) is 51.1 Å². The molecular formula is C18H29N5O. The number of urea groups is 1. The Labute approximate surface area is 144 Å². The number of nitrogens with zero attached hydrogens (tertiary/aromatic N) is 4. The predicted octanol–water partition coefficient (Wildman–Crippen LogP) is 2.16. The van der Waals surface area contributed by atoms with Gasteiger partial charge in [0.05, 0.1) is 12.2 Å². The average molecular weight is 331 g/mol. The van der Waals surface area contributed by atoms with E-state index in [0.717, 1.165) is 32.1 Å². The fourth-order valence-electron chi connectivity index (χ4n) is 4.22. The molecular weight excluding hydrogens is 302 g/mol. The minimum atomic E-state index is 0.0997. The summed E-state index contributed by atoms with van der Waals surface area (Å²) in [5.41, 5.74) is 1.18. The van der Waals surface area contributed by atoms with Crippen LogP contribution in [0.2, 0.25) is 0 Å². The Morgan fingerprint density at radius 2 is 2.08 bits per heavy atom. The highest BCUT2D eigenvalue weighted by Crippen LogP contribution is 2.32. The van der Waals surface area contributed by atoms with Crippen LogP contribution in [0.1, 0.15) is 50.1 Å². The SMILES string of the molecule is Cc1cnn(C2CCN(C(=O)NCC3CCCCN3C3CC3)C2)c1. The van der Waals surface area contributed by atoms with Crippen molar-refractivity contribution in [3.63, 3.8) is 0 Å². The van der Waals surface area contributed by atoms with E-state index in [0.29, 0.717) is 12.1 Å². The minimum Gasteiger partial charge on any atom is -0.336 e. The van der Waals surface area contributed by atoms with Crippen LogP contribution in [0.4, 0.5) is 4.79 Å². The Bertz CT molecular complexity index is 582. The van der Waals surface area contributed by atoms with Crippen LogP contribution in [0.5, 0.6) is 0 Å². The van der Waals surface area contributed by atoms with E-state index in [1.54, 1.807) is 0 Å². The minimum absolute atomic E-state index is 0.0997. The van der Waals surface area contributed by atoms with E-state index in [4.69, 9.17) is 0 Å². The van der Waals surface area contributed by atoms with Gasteiger partial charge in [0.25, 0.3) is 0 Å². The van der Waals surface area contributed by atoms with Crippen LogP contribution in [0.15, 0.2) is 12.4 Å². The fourth-order valence-corrected chi connectivity index (χ4v) is 4.22. The second-order valence-corrected chi connectivity index (χ2v) is 7.69. The zero-order valence-corrected chi connectivity index (χ0v) is 14.7. The van der Waals surface area contributed by atoms with Crippen molar-refractivity contribution in [2.24, 2.45) is 0 Å². The molecule has 2 unspecified atom stereocenters. The van der Waals surface area contributed by atoms with E-state index >= 15 is 0 Å². The lowest BCUT2D eigenvalue weighted by Gasteiger charge is -2.36. The van der Waals surface area contributed by atoms with Crippen molar-refractivity contribution in [1.82, 2.24) is 24.9 Å². The van der Waals surface area contributed by atoms with Crippen LogP contribution in [-0.2, 0) is 0 Å². The average Bonchev–Trinajstić information content (AvgIpc) is 3.15. The topological polar surface area (TPSA) is 53.4 Å². The monoisotopic (exact) mass is 331 g/mol. The number of nitrogens with one attached hydrogen (secondary N) is 1. The summed E-state index contributed by atoms with van der Waals surface area (Å²) in [6.07, 6.45) is 11.5. The lowest BCUT2D eigenvalue weighted by atomic mass is 10.0. The molecule has 3 aliphatic rings. The number of aryl methyl sites for hydroxylation is 1. The Morgan fingerprint density at radius 1 is 1.21 bits per heavy atom. The summed E-state index contributed by atoms with van der Waals surface area (Å²) < 4.78 is 2.01. The number of carbonyl (C=O) groups excluding carboxylic acids is 1. The van der Waals surface area contributed by atoms with Gasteiger partial charge in [0.15, 0.2) is 0 Å². The Balaban J connectivity index is 1.27. The summed E-state index contributed by atoms with van der Waals surface area (Å²) in [6.45, 7) is 5.67. The smallest absolute Gasteiger partial charge is 0.317 e. The maximum atomic E-state index is 12.5. The van der Waals surface area contributed by atoms with Crippen LogP contribution in [-0.4, -0.2) is 63.9 Å². The Kier molecular flexibility index (Phi) is 4.48. The number of hydrogen-bond donors (Lipinski definition) is 1. The Hall–Kier alpha value is -1.56. The molecule has 24 heavy (non-hydrogen) atoms. The van der Waals surface area contributed by atoms with E-state index < -0.39 is 0 Å². The molecule has 0 radical (unpaired) electrons. The molecule has 0 bridgehead atoms. The number of carbonyl (C=O) groups is 1. The van der Waals surface area contributed by atoms with Gasteiger partial charge < -0.3 is 10.2 Å². The van der Waals surface area contributed by atoms with E-state index in [9.17, 15) is 4.79 Å². The van der Waals surface area contributed by atoms with Crippen molar-refractivity contribution in [2.45, 2.75) is 63.6 Å². The zero-order chi connectivity index (χ0) is 16.5. The molecule has 132 valence electrons. The van der Waals surface area contributed by atoms with Gasteiger partial charge in [-0.25, -0.2) is 4.79 Å². The third-order valence-corrected chi connectivity index (χ3v) is 5.73. The fraction of sp³-hybridized carbons (Fsp3) is 0.778. The predicted molar refractivity (Wildman–Crippen MR) is 93.0 cm³/mol. The van der Waals surface area contributed by atoms with Crippen molar-refractivity contribution in [3.05, 3.63) is 18.0 Å². The molecule has 1 aromatic heterocycles.